The molecule has 2 rings (SSSR count). The minimum atomic E-state index is -0.570. The second kappa shape index (κ2) is 6.82. The Morgan fingerprint density at radius 2 is 2.00 bits per heavy atom. The highest BCUT2D eigenvalue weighted by molar-refractivity contribution is 5.82. The Bertz CT molecular complexity index is 530. The number of nitro groups is 1. The van der Waals surface area contributed by atoms with E-state index >= 15 is 0 Å². The van der Waals surface area contributed by atoms with E-state index < -0.39 is 4.92 Å². The molecular formula is C12H18N6O3. The fourth-order valence-corrected chi connectivity index (χ4v) is 2.28. The number of aromatic nitrogens is 2. The number of hydrogen-bond acceptors (Lipinski definition) is 7. The van der Waals surface area contributed by atoms with Crippen LogP contribution in [0.25, 0.3) is 0 Å². The molecule has 1 aliphatic rings. The van der Waals surface area contributed by atoms with Crippen molar-refractivity contribution >= 4 is 23.2 Å². The van der Waals surface area contributed by atoms with Crippen LogP contribution in [0.2, 0.25) is 0 Å². The number of carbonyl (C=O) groups is 1. The maximum Gasteiger partial charge on any atom is 0.353 e. The molecule has 0 bridgehead atoms. The molecule has 1 saturated heterocycles. The summed E-state index contributed by atoms with van der Waals surface area (Å²) in [7, 11) is 1.54. The van der Waals surface area contributed by atoms with E-state index in [1.165, 1.54) is 13.4 Å². The van der Waals surface area contributed by atoms with Crippen LogP contribution in [-0.4, -0.2) is 52.4 Å². The number of carbonyl (C=O) groups excluding carboxylic acids is 1. The van der Waals surface area contributed by atoms with Gasteiger partial charge in [-0.3, -0.25) is 14.9 Å². The lowest BCUT2D eigenvalue weighted by molar-refractivity contribution is -0.383. The number of amides is 1. The van der Waals surface area contributed by atoms with Crippen LogP contribution < -0.4 is 10.6 Å². The maximum atomic E-state index is 12.0. The van der Waals surface area contributed by atoms with E-state index in [4.69, 9.17) is 0 Å². The fraction of sp³-hybridized carbons (Fsp3) is 0.583. The van der Waals surface area contributed by atoms with Gasteiger partial charge in [-0.25, -0.2) is 9.97 Å². The van der Waals surface area contributed by atoms with Gasteiger partial charge in [-0.1, -0.05) is 0 Å². The zero-order valence-electron chi connectivity index (χ0n) is 11.8. The Hall–Kier alpha value is -2.45. The molecule has 0 atom stereocenters. The lowest BCUT2D eigenvalue weighted by Crippen LogP contribution is -2.39. The zero-order valence-corrected chi connectivity index (χ0v) is 11.8. The van der Waals surface area contributed by atoms with Gasteiger partial charge in [0.05, 0.1) is 11.5 Å². The van der Waals surface area contributed by atoms with Crippen LogP contribution in [-0.2, 0) is 4.79 Å². The van der Waals surface area contributed by atoms with Crippen LogP contribution in [0.15, 0.2) is 6.33 Å². The van der Waals surface area contributed by atoms with Crippen molar-refractivity contribution in [3.63, 3.8) is 0 Å². The first-order chi connectivity index (χ1) is 10.1. The molecule has 1 aliphatic heterocycles. The van der Waals surface area contributed by atoms with Crippen LogP contribution >= 0.6 is 0 Å². The zero-order chi connectivity index (χ0) is 15.2. The Morgan fingerprint density at radius 1 is 1.33 bits per heavy atom. The minimum Gasteiger partial charge on any atom is -0.367 e. The van der Waals surface area contributed by atoms with E-state index in [9.17, 15) is 14.9 Å². The monoisotopic (exact) mass is 294 g/mol. The number of nitrogens with zero attached hydrogens (tertiary/aromatic N) is 4. The summed E-state index contributed by atoms with van der Waals surface area (Å²) in [5.41, 5.74) is -0.258. The van der Waals surface area contributed by atoms with E-state index in [2.05, 4.69) is 20.6 Å². The molecule has 21 heavy (non-hydrogen) atoms. The number of likely N-dealkylation sites (tertiary alicyclic amines) is 1. The van der Waals surface area contributed by atoms with Crippen LogP contribution in [0, 0.1) is 10.1 Å². The average molecular weight is 294 g/mol. The van der Waals surface area contributed by atoms with E-state index in [0.717, 1.165) is 32.4 Å². The van der Waals surface area contributed by atoms with Gasteiger partial charge in [0.15, 0.2) is 0 Å². The van der Waals surface area contributed by atoms with Gasteiger partial charge in [0, 0.05) is 20.1 Å². The molecular weight excluding hydrogens is 276 g/mol. The molecule has 0 radical (unpaired) electrons. The predicted octanol–water partition coefficient (Wildman–Crippen LogP) is 0.851. The molecule has 9 nitrogen and oxygen atoms in total. The summed E-state index contributed by atoms with van der Waals surface area (Å²) in [5, 5.41) is 16.5. The molecule has 0 spiro atoms. The van der Waals surface area contributed by atoms with Gasteiger partial charge in [-0.05, 0) is 19.3 Å². The highest BCUT2D eigenvalue weighted by Gasteiger charge is 2.23. The van der Waals surface area contributed by atoms with Crippen molar-refractivity contribution in [2.75, 3.05) is 37.3 Å². The van der Waals surface area contributed by atoms with E-state index in [-0.39, 0.29) is 29.8 Å². The van der Waals surface area contributed by atoms with Crippen molar-refractivity contribution in [1.29, 1.82) is 0 Å². The third-order valence-electron chi connectivity index (χ3n) is 3.36. The van der Waals surface area contributed by atoms with E-state index in [0.29, 0.717) is 0 Å². The molecule has 0 unspecified atom stereocenters. The van der Waals surface area contributed by atoms with Crippen molar-refractivity contribution in [3.05, 3.63) is 16.4 Å². The van der Waals surface area contributed by atoms with Crippen molar-refractivity contribution < 1.29 is 9.72 Å². The lowest BCUT2D eigenvalue weighted by Gasteiger charge is -2.26. The topological polar surface area (TPSA) is 113 Å². The summed E-state index contributed by atoms with van der Waals surface area (Å²) < 4.78 is 0. The lowest BCUT2D eigenvalue weighted by atomic mass is 10.1. The van der Waals surface area contributed by atoms with Crippen LogP contribution in [0.4, 0.5) is 17.3 Å². The molecule has 1 fully saturated rings. The third-order valence-corrected chi connectivity index (χ3v) is 3.36. The summed E-state index contributed by atoms with van der Waals surface area (Å²) in [6.07, 6.45) is 4.36. The normalized spacial score (nSPS) is 14.6. The predicted molar refractivity (Wildman–Crippen MR) is 77.2 cm³/mol. The van der Waals surface area contributed by atoms with E-state index in [1.807, 2.05) is 0 Å². The van der Waals surface area contributed by atoms with Crippen LogP contribution in [0.1, 0.15) is 19.3 Å². The first kappa shape index (κ1) is 14.9. The number of piperidine rings is 1. The molecule has 1 aromatic heterocycles. The van der Waals surface area contributed by atoms with Crippen molar-refractivity contribution in [1.82, 2.24) is 14.9 Å². The fourth-order valence-electron chi connectivity index (χ4n) is 2.28. The van der Waals surface area contributed by atoms with Gasteiger partial charge in [0.25, 0.3) is 0 Å². The van der Waals surface area contributed by atoms with Gasteiger partial charge in [0.1, 0.15) is 6.33 Å². The largest absolute Gasteiger partial charge is 0.367 e. The molecule has 0 aromatic carbocycles. The second-order valence-corrected chi connectivity index (χ2v) is 4.72. The van der Waals surface area contributed by atoms with E-state index in [1.54, 1.807) is 4.90 Å². The molecule has 2 N–H and O–H groups in total. The Labute approximate surface area is 121 Å². The third kappa shape index (κ3) is 3.56. The molecule has 1 amide bonds. The molecule has 114 valence electrons. The number of rotatable bonds is 5. The highest BCUT2D eigenvalue weighted by Crippen LogP contribution is 2.28. The van der Waals surface area contributed by atoms with Gasteiger partial charge < -0.3 is 15.5 Å². The summed E-state index contributed by atoms with van der Waals surface area (Å²) in [5.74, 6) is 0.0845. The van der Waals surface area contributed by atoms with Crippen molar-refractivity contribution in [2.45, 2.75) is 19.3 Å². The maximum absolute atomic E-state index is 12.0. The molecule has 9 heteroatoms. The molecule has 2 heterocycles. The summed E-state index contributed by atoms with van der Waals surface area (Å²) >= 11 is 0. The Kier molecular flexibility index (Phi) is 4.85. The van der Waals surface area contributed by atoms with Crippen molar-refractivity contribution in [3.8, 4) is 0 Å². The highest BCUT2D eigenvalue weighted by atomic mass is 16.6. The standard InChI is InChI=1S/C12H18N6O3/c1-13-11-10(18(20)21)12(16-8-15-11)14-7-9(19)17-5-3-2-4-6-17/h8H,2-7H2,1H3,(H2,13,14,15,16). The minimum absolute atomic E-state index is 0.0129. The second-order valence-electron chi connectivity index (χ2n) is 4.72. The number of nitrogens with one attached hydrogen (secondary N) is 2. The Balaban J connectivity index is 2.05. The van der Waals surface area contributed by atoms with Crippen LogP contribution in [0.3, 0.4) is 0 Å². The van der Waals surface area contributed by atoms with Gasteiger partial charge in [-0.15, -0.1) is 0 Å². The van der Waals surface area contributed by atoms with Gasteiger partial charge in [0.2, 0.25) is 17.5 Å². The number of anilines is 2. The van der Waals surface area contributed by atoms with Crippen molar-refractivity contribution in [2.24, 2.45) is 0 Å². The molecule has 1 aromatic rings. The molecule has 0 aliphatic carbocycles. The summed E-state index contributed by atoms with van der Waals surface area (Å²) in [6, 6.07) is 0. The van der Waals surface area contributed by atoms with Crippen LogP contribution in [0.5, 0.6) is 0 Å². The summed E-state index contributed by atoms with van der Waals surface area (Å²) in [6.45, 7) is 1.48. The average Bonchev–Trinajstić information content (AvgIpc) is 2.52. The quantitative estimate of drug-likeness (QED) is 0.611. The number of hydrogen-bond donors (Lipinski definition) is 2. The summed E-state index contributed by atoms with van der Waals surface area (Å²) in [4.78, 5) is 32.0. The Morgan fingerprint density at radius 3 is 2.62 bits per heavy atom. The first-order valence-electron chi connectivity index (χ1n) is 6.82. The molecule has 0 saturated carbocycles. The smallest absolute Gasteiger partial charge is 0.353 e. The first-order valence-corrected chi connectivity index (χ1v) is 6.82. The van der Waals surface area contributed by atoms with Gasteiger partial charge in [-0.2, -0.15) is 0 Å². The SMILES string of the molecule is CNc1ncnc(NCC(=O)N2CCCCC2)c1[N+](=O)[O-]. The van der Waals surface area contributed by atoms with Gasteiger partial charge >= 0.3 is 5.69 Å².